The second-order valence-corrected chi connectivity index (χ2v) is 3.84. The van der Waals surface area contributed by atoms with Crippen LogP contribution in [-0.4, -0.2) is 28.8 Å². The fourth-order valence-corrected chi connectivity index (χ4v) is 1.98. The fourth-order valence-electron chi connectivity index (χ4n) is 1.49. The zero-order chi connectivity index (χ0) is 10.1. The van der Waals surface area contributed by atoms with E-state index in [0.29, 0.717) is 17.0 Å². The van der Waals surface area contributed by atoms with E-state index in [0.717, 1.165) is 0 Å². The first-order valence-corrected chi connectivity index (χ1v) is 5.59. The molecule has 1 heterocycles. The lowest BCUT2D eigenvalue weighted by atomic mass is 10.1. The molecular weight excluding hydrogens is 198 g/mol. The van der Waals surface area contributed by atoms with Crippen molar-refractivity contribution in [2.24, 2.45) is 0 Å². The van der Waals surface area contributed by atoms with E-state index in [1.54, 1.807) is 24.3 Å². The minimum absolute atomic E-state index is 0.181. The lowest BCUT2D eigenvalue weighted by molar-refractivity contribution is 0.0684. The van der Waals surface area contributed by atoms with Crippen molar-refractivity contribution < 1.29 is 9.59 Å². The number of fused-ring (bicyclic) bond motifs is 1. The number of amides is 2. The van der Waals surface area contributed by atoms with E-state index in [1.807, 2.05) is 6.26 Å². The summed E-state index contributed by atoms with van der Waals surface area (Å²) in [7, 11) is 0. The highest BCUT2D eigenvalue weighted by Gasteiger charge is 2.34. The monoisotopic (exact) mass is 207 g/mol. The summed E-state index contributed by atoms with van der Waals surface area (Å²) >= 11 is 1.46. The van der Waals surface area contributed by atoms with Crippen molar-refractivity contribution in [1.82, 2.24) is 4.90 Å². The van der Waals surface area contributed by atoms with Crippen LogP contribution in [0.25, 0.3) is 0 Å². The highest BCUT2D eigenvalue weighted by molar-refractivity contribution is 7.98. The van der Waals surface area contributed by atoms with Crippen LogP contribution in [0, 0.1) is 0 Å². The normalized spacial score (nSPS) is 14.8. The van der Waals surface area contributed by atoms with E-state index in [1.165, 1.54) is 16.7 Å². The van der Waals surface area contributed by atoms with Crippen LogP contribution in [0.3, 0.4) is 0 Å². The zero-order valence-electron chi connectivity index (χ0n) is 7.69. The van der Waals surface area contributed by atoms with E-state index in [4.69, 9.17) is 0 Å². The topological polar surface area (TPSA) is 37.4 Å². The Bertz CT molecular complexity index is 368. The van der Waals surface area contributed by atoms with Crippen molar-refractivity contribution >= 4 is 23.6 Å². The maximum atomic E-state index is 11.7. The highest BCUT2D eigenvalue weighted by atomic mass is 32.2. The average molecular weight is 207 g/mol. The van der Waals surface area contributed by atoms with E-state index in [-0.39, 0.29) is 11.8 Å². The molecule has 2 amide bonds. The summed E-state index contributed by atoms with van der Waals surface area (Å²) in [6.07, 6.45) is 1.86. The van der Waals surface area contributed by atoms with Crippen molar-refractivity contribution in [3.8, 4) is 0 Å². The van der Waals surface area contributed by atoms with Crippen LogP contribution in [0.15, 0.2) is 24.3 Å². The molecule has 1 aromatic carbocycles. The molecule has 0 atom stereocenters. The summed E-state index contributed by atoms with van der Waals surface area (Å²) in [5.74, 6) is 0.0618. The standard InChI is InChI=1S/C10H9NO2S/c1-14-6-11-9(12)7-4-2-3-5-8(7)10(11)13/h2-5H,6H2,1H3. The largest absolute Gasteiger partial charge is 0.269 e. The SMILES string of the molecule is CSCN1C(=O)c2ccccc2C1=O. The maximum Gasteiger partial charge on any atom is 0.262 e. The van der Waals surface area contributed by atoms with E-state index >= 15 is 0 Å². The van der Waals surface area contributed by atoms with Gasteiger partial charge < -0.3 is 0 Å². The van der Waals surface area contributed by atoms with Crippen LogP contribution in [0.5, 0.6) is 0 Å². The summed E-state index contributed by atoms with van der Waals surface area (Å²) in [6.45, 7) is 0. The maximum absolute atomic E-state index is 11.7. The summed E-state index contributed by atoms with van der Waals surface area (Å²) in [5, 5.41) is 0. The van der Waals surface area contributed by atoms with Gasteiger partial charge in [-0.15, -0.1) is 11.8 Å². The van der Waals surface area contributed by atoms with Crippen molar-refractivity contribution in [2.75, 3.05) is 12.1 Å². The number of rotatable bonds is 2. The summed E-state index contributed by atoms with van der Waals surface area (Å²) in [5.41, 5.74) is 1.04. The highest BCUT2D eigenvalue weighted by Crippen LogP contribution is 2.23. The molecule has 1 aliphatic heterocycles. The Hall–Kier alpha value is -1.29. The second-order valence-electron chi connectivity index (χ2n) is 3.00. The molecule has 4 heteroatoms. The second kappa shape index (κ2) is 3.46. The molecule has 0 bridgehead atoms. The first kappa shape index (κ1) is 9.27. The number of carbonyl (C=O) groups is 2. The molecule has 14 heavy (non-hydrogen) atoms. The van der Waals surface area contributed by atoms with E-state index in [9.17, 15) is 9.59 Å². The average Bonchev–Trinajstić information content (AvgIpc) is 2.45. The van der Waals surface area contributed by atoms with Crippen LogP contribution in [0.4, 0.5) is 0 Å². The number of hydrogen-bond acceptors (Lipinski definition) is 3. The van der Waals surface area contributed by atoms with Gasteiger partial charge in [0.2, 0.25) is 0 Å². The zero-order valence-corrected chi connectivity index (χ0v) is 8.50. The molecule has 1 aromatic rings. The number of hydrogen-bond donors (Lipinski definition) is 0. The fraction of sp³-hybridized carbons (Fsp3) is 0.200. The molecule has 0 fully saturated rings. The van der Waals surface area contributed by atoms with E-state index in [2.05, 4.69) is 0 Å². The quantitative estimate of drug-likeness (QED) is 0.691. The third kappa shape index (κ3) is 1.23. The predicted octanol–water partition coefficient (Wildman–Crippen LogP) is 1.60. The predicted molar refractivity (Wildman–Crippen MR) is 55.3 cm³/mol. The Morgan fingerprint density at radius 2 is 1.64 bits per heavy atom. The smallest absolute Gasteiger partial charge is 0.262 e. The molecule has 0 N–H and O–H groups in total. The molecule has 0 saturated heterocycles. The van der Waals surface area contributed by atoms with Crippen molar-refractivity contribution in [3.05, 3.63) is 35.4 Å². The van der Waals surface area contributed by atoms with Gasteiger partial charge in [0, 0.05) is 0 Å². The van der Waals surface area contributed by atoms with Gasteiger partial charge in [-0.25, -0.2) is 0 Å². The molecule has 72 valence electrons. The first-order valence-electron chi connectivity index (χ1n) is 4.20. The molecule has 2 rings (SSSR count). The molecule has 0 spiro atoms. The summed E-state index contributed by atoms with van der Waals surface area (Å²) in [6, 6.07) is 6.92. The Morgan fingerprint density at radius 1 is 1.14 bits per heavy atom. The molecule has 0 saturated carbocycles. The van der Waals surface area contributed by atoms with Gasteiger partial charge in [-0.2, -0.15) is 0 Å². The Balaban J connectivity index is 2.43. The van der Waals surface area contributed by atoms with Crippen LogP contribution < -0.4 is 0 Å². The van der Waals surface area contributed by atoms with Gasteiger partial charge >= 0.3 is 0 Å². The minimum atomic E-state index is -0.181. The van der Waals surface area contributed by atoms with Gasteiger partial charge in [-0.3, -0.25) is 14.5 Å². The lowest BCUT2D eigenvalue weighted by Crippen LogP contribution is -2.28. The molecule has 0 aromatic heterocycles. The lowest BCUT2D eigenvalue weighted by Gasteiger charge is -2.10. The number of benzene rings is 1. The molecule has 0 radical (unpaired) electrons. The Morgan fingerprint density at radius 3 is 2.07 bits per heavy atom. The number of imide groups is 1. The van der Waals surface area contributed by atoms with Crippen molar-refractivity contribution in [2.45, 2.75) is 0 Å². The van der Waals surface area contributed by atoms with Gasteiger partial charge in [0.15, 0.2) is 0 Å². The number of carbonyl (C=O) groups excluding carboxylic acids is 2. The van der Waals surface area contributed by atoms with Crippen LogP contribution in [0.2, 0.25) is 0 Å². The van der Waals surface area contributed by atoms with Gasteiger partial charge in [-0.1, -0.05) is 12.1 Å². The first-order chi connectivity index (χ1) is 6.75. The van der Waals surface area contributed by atoms with Crippen LogP contribution >= 0.6 is 11.8 Å². The number of nitrogens with zero attached hydrogens (tertiary/aromatic N) is 1. The number of thioether (sulfide) groups is 1. The van der Waals surface area contributed by atoms with Crippen LogP contribution in [-0.2, 0) is 0 Å². The minimum Gasteiger partial charge on any atom is -0.269 e. The van der Waals surface area contributed by atoms with Crippen molar-refractivity contribution in [3.63, 3.8) is 0 Å². The third-order valence-electron chi connectivity index (χ3n) is 2.14. The molecule has 0 unspecified atom stereocenters. The Labute approximate surface area is 86.1 Å². The van der Waals surface area contributed by atoms with Gasteiger partial charge in [-0.05, 0) is 18.4 Å². The Kier molecular flexibility index (Phi) is 2.29. The summed E-state index contributed by atoms with van der Waals surface area (Å²) in [4.78, 5) is 24.7. The van der Waals surface area contributed by atoms with Crippen LogP contribution in [0.1, 0.15) is 20.7 Å². The molecule has 0 aliphatic carbocycles. The van der Waals surface area contributed by atoms with Crippen molar-refractivity contribution in [1.29, 1.82) is 0 Å². The summed E-state index contributed by atoms with van der Waals surface area (Å²) < 4.78 is 0. The van der Waals surface area contributed by atoms with E-state index < -0.39 is 0 Å². The third-order valence-corrected chi connectivity index (χ3v) is 2.65. The molecular formula is C10H9NO2S. The molecule has 3 nitrogen and oxygen atoms in total. The van der Waals surface area contributed by atoms with Gasteiger partial charge in [0.05, 0.1) is 17.0 Å². The van der Waals surface area contributed by atoms with Gasteiger partial charge in [0.25, 0.3) is 11.8 Å². The molecule has 1 aliphatic rings. The van der Waals surface area contributed by atoms with Gasteiger partial charge in [0.1, 0.15) is 0 Å².